The number of likely N-dealkylation sites (tertiary alicyclic amines) is 1. The van der Waals surface area contributed by atoms with Crippen LogP contribution in [0.2, 0.25) is 0 Å². The van der Waals surface area contributed by atoms with Gasteiger partial charge in [-0.1, -0.05) is 48.5 Å². The maximum atomic E-state index is 13.1. The van der Waals surface area contributed by atoms with Gasteiger partial charge in [0.05, 0.1) is 5.69 Å². The molecule has 2 N–H and O–H groups in total. The predicted octanol–water partition coefficient (Wildman–Crippen LogP) is 2.89. The molecule has 0 bridgehead atoms. The molecule has 1 aliphatic heterocycles. The molecule has 2 heterocycles. The van der Waals surface area contributed by atoms with E-state index < -0.39 is 0 Å². The van der Waals surface area contributed by atoms with Crippen molar-refractivity contribution in [2.24, 2.45) is 5.73 Å². The van der Waals surface area contributed by atoms with Crippen molar-refractivity contribution in [1.82, 2.24) is 19.7 Å². The fraction of sp³-hybridized carbons (Fsp3) is 0.286. The number of amides is 1. The van der Waals surface area contributed by atoms with Crippen LogP contribution in [-0.2, 0) is 0 Å². The van der Waals surface area contributed by atoms with Crippen molar-refractivity contribution < 1.29 is 4.79 Å². The number of carbonyl (C=O) groups excluding carboxylic acids is 1. The Bertz CT molecular complexity index is 850. The molecule has 2 aromatic carbocycles. The molecule has 6 heteroatoms. The lowest BCUT2D eigenvalue weighted by Crippen LogP contribution is -2.47. The molecular weight excluding hydrogens is 338 g/mol. The van der Waals surface area contributed by atoms with Crippen molar-refractivity contribution in [1.29, 1.82) is 0 Å². The molecule has 138 valence electrons. The number of para-hydroxylation sites is 1. The zero-order chi connectivity index (χ0) is 18.6. The average molecular weight is 361 g/mol. The molecule has 1 aliphatic rings. The predicted molar refractivity (Wildman–Crippen MR) is 105 cm³/mol. The summed E-state index contributed by atoms with van der Waals surface area (Å²) in [6.45, 7) is 1.18. The van der Waals surface area contributed by atoms with E-state index in [1.165, 1.54) is 0 Å². The molecule has 1 fully saturated rings. The van der Waals surface area contributed by atoms with Gasteiger partial charge < -0.3 is 10.6 Å². The molecule has 27 heavy (non-hydrogen) atoms. The van der Waals surface area contributed by atoms with Crippen LogP contribution in [0.25, 0.3) is 17.1 Å². The number of rotatable bonds is 4. The number of nitrogens with zero attached hydrogens (tertiary/aromatic N) is 4. The SMILES string of the molecule is NCC1CCCCN1C(=O)c1nc(-c2ccccc2)n(-c2ccccc2)n1. The third-order valence-electron chi connectivity index (χ3n) is 4.99. The maximum Gasteiger partial charge on any atom is 0.293 e. The molecule has 1 amide bonds. The maximum absolute atomic E-state index is 13.1. The molecule has 3 aromatic rings. The third-order valence-corrected chi connectivity index (χ3v) is 4.99. The fourth-order valence-corrected chi connectivity index (χ4v) is 3.57. The normalized spacial score (nSPS) is 17.1. The van der Waals surface area contributed by atoms with Crippen molar-refractivity contribution in [2.75, 3.05) is 13.1 Å². The number of aromatic nitrogens is 3. The Morgan fingerprint density at radius 2 is 1.74 bits per heavy atom. The van der Waals surface area contributed by atoms with Gasteiger partial charge in [-0.15, -0.1) is 5.10 Å². The first-order valence-electron chi connectivity index (χ1n) is 9.37. The lowest BCUT2D eigenvalue weighted by Gasteiger charge is -2.34. The van der Waals surface area contributed by atoms with Crippen LogP contribution in [0.3, 0.4) is 0 Å². The van der Waals surface area contributed by atoms with Gasteiger partial charge in [-0.2, -0.15) is 0 Å². The highest BCUT2D eigenvalue weighted by molar-refractivity contribution is 5.91. The van der Waals surface area contributed by atoms with Crippen molar-refractivity contribution in [3.05, 3.63) is 66.5 Å². The van der Waals surface area contributed by atoms with Crippen LogP contribution >= 0.6 is 0 Å². The molecular formula is C21H23N5O. The van der Waals surface area contributed by atoms with Gasteiger partial charge in [-0.25, -0.2) is 9.67 Å². The van der Waals surface area contributed by atoms with Crippen LogP contribution < -0.4 is 5.73 Å². The Kier molecular flexibility index (Phi) is 4.98. The van der Waals surface area contributed by atoms with Crippen molar-refractivity contribution in [2.45, 2.75) is 25.3 Å². The summed E-state index contributed by atoms with van der Waals surface area (Å²) in [5, 5.41) is 4.57. The van der Waals surface area contributed by atoms with Crippen LogP contribution in [0.1, 0.15) is 29.9 Å². The molecule has 0 spiro atoms. The van der Waals surface area contributed by atoms with Crippen LogP contribution in [0.15, 0.2) is 60.7 Å². The second-order valence-electron chi connectivity index (χ2n) is 6.76. The van der Waals surface area contributed by atoms with Crippen LogP contribution in [-0.4, -0.2) is 44.7 Å². The van der Waals surface area contributed by atoms with E-state index in [1.54, 1.807) is 4.68 Å². The highest BCUT2D eigenvalue weighted by Gasteiger charge is 2.30. The van der Waals surface area contributed by atoms with E-state index >= 15 is 0 Å². The second kappa shape index (κ2) is 7.72. The van der Waals surface area contributed by atoms with Gasteiger partial charge in [0.15, 0.2) is 5.82 Å². The molecule has 0 radical (unpaired) electrons. The van der Waals surface area contributed by atoms with E-state index in [2.05, 4.69) is 10.1 Å². The van der Waals surface area contributed by atoms with Crippen LogP contribution in [0.5, 0.6) is 0 Å². The van der Waals surface area contributed by atoms with E-state index in [0.29, 0.717) is 18.9 Å². The smallest absolute Gasteiger partial charge is 0.293 e. The summed E-state index contributed by atoms with van der Waals surface area (Å²) in [6.07, 6.45) is 3.03. The molecule has 1 saturated heterocycles. The van der Waals surface area contributed by atoms with Crippen molar-refractivity contribution >= 4 is 5.91 Å². The lowest BCUT2D eigenvalue weighted by atomic mass is 10.0. The topological polar surface area (TPSA) is 77.0 Å². The van der Waals surface area contributed by atoms with Gasteiger partial charge in [-0.05, 0) is 31.4 Å². The number of nitrogens with two attached hydrogens (primary N) is 1. The van der Waals surface area contributed by atoms with Crippen molar-refractivity contribution in [3.63, 3.8) is 0 Å². The molecule has 6 nitrogen and oxygen atoms in total. The summed E-state index contributed by atoms with van der Waals surface area (Å²) >= 11 is 0. The highest BCUT2D eigenvalue weighted by atomic mass is 16.2. The number of carbonyl (C=O) groups is 1. The first kappa shape index (κ1) is 17.4. The number of piperidine rings is 1. The van der Waals surface area contributed by atoms with Crippen molar-refractivity contribution in [3.8, 4) is 17.1 Å². The largest absolute Gasteiger partial charge is 0.332 e. The van der Waals surface area contributed by atoms with Gasteiger partial charge in [0.1, 0.15) is 0 Å². The van der Waals surface area contributed by atoms with Crippen LogP contribution in [0, 0.1) is 0 Å². The fourth-order valence-electron chi connectivity index (χ4n) is 3.57. The molecule has 4 rings (SSSR count). The summed E-state index contributed by atoms with van der Waals surface area (Å²) in [7, 11) is 0. The average Bonchev–Trinajstić information content (AvgIpc) is 3.20. The summed E-state index contributed by atoms with van der Waals surface area (Å²) in [5.74, 6) is 0.738. The van der Waals surface area contributed by atoms with Gasteiger partial charge in [0.25, 0.3) is 5.91 Å². The number of hydrogen-bond acceptors (Lipinski definition) is 4. The molecule has 1 aromatic heterocycles. The minimum absolute atomic E-state index is 0.0649. The monoisotopic (exact) mass is 361 g/mol. The Hall–Kier alpha value is -2.99. The highest BCUT2D eigenvalue weighted by Crippen LogP contribution is 2.23. The van der Waals surface area contributed by atoms with E-state index in [1.807, 2.05) is 65.6 Å². The quantitative estimate of drug-likeness (QED) is 0.775. The summed E-state index contributed by atoms with van der Waals surface area (Å²) < 4.78 is 1.74. The molecule has 0 saturated carbocycles. The summed E-state index contributed by atoms with van der Waals surface area (Å²) in [6, 6.07) is 19.6. The van der Waals surface area contributed by atoms with Crippen LogP contribution in [0.4, 0.5) is 0 Å². The summed E-state index contributed by atoms with van der Waals surface area (Å²) in [5.41, 5.74) is 7.68. The number of benzene rings is 2. The molecule has 1 unspecified atom stereocenters. The Morgan fingerprint density at radius 3 is 2.44 bits per heavy atom. The lowest BCUT2D eigenvalue weighted by molar-refractivity contribution is 0.0611. The standard InChI is InChI=1S/C21H23N5O/c22-15-18-13-7-8-14-25(18)21(27)19-23-20(16-9-3-1-4-10-16)26(24-19)17-11-5-2-6-12-17/h1-6,9-12,18H,7-8,13-15,22H2. The Labute approximate surface area is 158 Å². The van der Waals surface area contributed by atoms with E-state index in [9.17, 15) is 4.79 Å². The molecule has 0 aliphatic carbocycles. The Balaban J connectivity index is 1.76. The first-order chi connectivity index (χ1) is 13.3. The summed E-state index contributed by atoms with van der Waals surface area (Å²) in [4.78, 5) is 19.6. The number of hydrogen-bond donors (Lipinski definition) is 1. The van der Waals surface area contributed by atoms with Gasteiger partial charge >= 0.3 is 0 Å². The van der Waals surface area contributed by atoms with E-state index in [-0.39, 0.29) is 17.8 Å². The van der Waals surface area contributed by atoms with Gasteiger partial charge in [0.2, 0.25) is 5.82 Å². The van der Waals surface area contributed by atoms with E-state index in [0.717, 1.165) is 30.5 Å². The zero-order valence-corrected chi connectivity index (χ0v) is 15.2. The zero-order valence-electron chi connectivity index (χ0n) is 15.2. The van der Waals surface area contributed by atoms with Gasteiger partial charge in [0, 0.05) is 24.7 Å². The molecule has 1 atom stereocenters. The van der Waals surface area contributed by atoms with E-state index in [4.69, 9.17) is 5.73 Å². The Morgan fingerprint density at radius 1 is 1.04 bits per heavy atom. The third kappa shape index (κ3) is 3.48. The minimum atomic E-state index is -0.142. The minimum Gasteiger partial charge on any atom is -0.332 e. The second-order valence-corrected chi connectivity index (χ2v) is 6.76. The van der Waals surface area contributed by atoms with Gasteiger partial charge in [-0.3, -0.25) is 4.79 Å². The first-order valence-corrected chi connectivity index (χ1v) is 9.37.